The topological polar surface area (TPSA) is 84.2 Å². The number of hydrogen-bond donors (Lipinski definition) is 2. The summed E-state index contributed by atoms with van der Waals surface area (Å²) in [6, 6.07) is 1.59. The second-order valence-corrected chi connectivity index (χ2v) is 6.30. The zero-order chi connectivity index (χ0) is 15.5. The number of nitrogens with one attached hydrogen (secondary N) is 1. The SMILES string of the molecule is O=C(NC(CCO)C1CCCC1)c1cc2n(n1)CCCC2=O. The van der Waals surface area contributed by atoms with Gasteiger partial charge in [0.1, 0.15) is 5.69 Å². The van der Waals surface area contributed by atoms with Crippen molar-refractivity contribution in [2.75, 3.05) is 6.61 Å². The Hall–Kier alpha value is -1.69. The van der Waals surface area contributed by atoms with Gasteiger partial charge in [0.05, 0.1) is 0 Å². The molecular weight excluding hydrogens is 282 g/mol. The Balaban J connectivity index is 1.71. The van der Waals surface area contributed by atoms with E-state index in [1.54, 1.807) is 10.7 Å². The van der Waals surface area contributed by atoms with Crippen molar-refractivity contribution >= 4 is 11.7 Å². The van der Waals surface area contributed by atoms with Crippen molar-refractivity contribution < 1.29 is 14.7 Å². The molecule has 1 unspecified atom stereocenters. The summed E-state index contributed by atoms with van der Waals surface area (Å²) in [5, 5.41) is 16.5. The molecule has 1 amide bonds. The number of aryl methyl sites for hydroxylation is 1. The molecule has 0 saturated heterocycles. The molecular formula is C16H23N3O3. The summed E-state index contributed by atoms with van der Waals surface area (Å²) in [4.78, 5) is 24.3. The van der Waals surface area contributed by atoms with Crippen LogP contribution in [0.5, 0.6) is 0 Å². The van der Waals surface area contributed by atoms with Crippen molar-refractivity contribution in [1.82, 2.24) is 15.1 Å². The van der Waals surface area contributed by atoms with E-state index in [1.807, 2.05) is 0 Å². The highest BCUT2D eigenvalue weighted by Gasteiger charge is 2.28. The molecule has 1 saturated carbocycles. The molecule has 1 atom stereocenters. The fourth-order valence-electron chi connectivity index (χ4n) is 3.61. The van der Waals surface area contributed by atoms with Gasteiger partial charge in [-0.1, -0.05) is 12.8 Å². The van der Waals surface area contributed by atoms with Crippen molar-refractivity contribution in [2.45, 2.75) is 57.5 Å². The maximum absolute atomic E-state index is 12.4. The van der Waals surface area contributed by atoms with Crippen LogP contribution in [0.1, 0.15) is 65.9 Å². The fourth-order valence-corrected chi connectivity index (χ4v) is 3.61. The number of amides is 1. The summed E-state index contributed by atoms with van der Waals surface area (Å²) in [7, 11) is 0. The van der Waals surface area contributed by atoms with Gasteiger partial charge in [0.25, 0.3) is 5.91 Å². The van der Waals surface area contributed by atoms with E-state index in [0.29, 0.717) is 36.7 Å². The lowest BCUT2D eigenvalue weighted by molar-refractivity contribution is 0.0903. The number of aliphatic hydroxyl groups is 1. The van der Waals surface area contributed by atoms with E-state index in [-0.39, 0.29) is 24.3 Å². The Labute approximate surface area is 129 Å². The first-order chi connectivity index (χ1) is 10.7. The van der Waals surface area contributed by atoms with E-state index in [2.05, 4.69) is 10.4 Å². The molecule has 3 rings (SSSR count). The first-order valence-corrected chi connectivity index (χ1v) is 8.22. The molecule has 0 spiro atoms. The lowest BCUT2D eigenvalue weighted by Gasteiger charge is -2.23. The molecule has 1 fully saturated rings. The Bertz CT molecular complexity index is 561. The largest absolute Gasteiger partial charge is 0.396 e. The fraction of sp³-hybridized carbons (Fsp3) is 0.688. The summed E-state index contributed by atoms with van der Waals surface area (Å²) in [6.45, 7) is 0.761. The van der Waals surface area contributed by atoms with Crippen molar-refractivity contribution in [3.63, 3.8) is 0 Å². The van der Waals surface area contributed by atoms with E-state index < -0.39 is 0 Å². The zero-order valence-corrected chi connectivity index (χ0v) is 12.8. The molecule has 0 bridgehead atoms. The van der Waals surface area contributed by atoms with Crippen molar-refractivity contribution in [1.29, 1.82) is 0 Å². The molecule has 2 heterocycles. The lowest BCUT2D eigenvalue weighted by Crippen LogP contribution is -2.40. The molecule has 6 heteroatoms. The van der Waals surface area contributed by atoms with Gasteiger partial charge in [0.15, 0.2) is 11.5 Å². The molecule has 2 N–H and O–H groups in total. The minimum Gasteiger partial charge on any atom is -0.396 e. The standard InChI is InChI=1S/C16H23N3O3/c20-9-7-12(11-4-1-2-5-11)17-16(22)13-10-14-15(21)6-3-8-19(14)18-13/h10-12,20H,1-9H2,(H,17,22). The average molecular weight is 305 g/mol. The maximum Gasteiger partial charge on any atom is 0.272 e. The minimum absolute atomic E-state index is 0.00516. The van der Waals surface area contributed by atoms with Gasteiger partial charge in [0.2, 0.25) is 0 Å². The smallest absolute Gasteiger partial charge is 0.272 e. The number of carbonyl (C=O) groups is 2. The van der Waals surface area contributed by atoms with Crippen molar-refractivity contribution in [3.05, 3.63) is 17.5 Å². The number of hydrogen-bond acceptors (Lipinski definition) is 4. The van der Waals surface area contributed by atoms with Gasteiger partial charge in [0, 0.05) is 31.7 Å². The highest BCUT2D eigenvalue weighted by atomic mass is 16.3. The minimum atomic E-state index is -0.236. The molecule has 0 aromatic carbocycles. The summed E-state index contributed by atoms with van der Waals surface area (Å²) in [5.74, 6) is 0.260. The Morgan fingerprint density at radius 3 is 2.86 bits per heavy atom. The zero-order valence-electron chi connectivity index (χ0n) is 12.8. The van der Waals surface area contributed by atoms with Crippen LogP contribution >= 0.6 is 0 Å². The Morgan fingerprint density at radius 1 is 1.41 bits per heavy atom. The Kier molecular flexibility index (Phi) is 4.57. The quantitative estimate of drug-likeness (QED) is 0.864. The second kappa shape index (κ2) is 6.60. The number of ketones is 1. The molecule has 1 aliphatic heterocycles. The van der Waals surface area contributed by atoms with Crippen molar-refractivity contribution in [3.8, 4) is 0 Å². The van der Waals surface area contributed by atoms with Gasteiger partial charge in [-0.3, -0.25) is 14.3 Å². The van der Waals surface area contributed by atoms with E-state index >= 15 is 0 Å². The number of nitrogens with zero attached hydrogens (tertiary/aromatic N) is 2. The predicted octanol–water partition coefficient (Wildman–Crippen LogP) is 1.53. The van der Waals surface area contributed by atoms with E-state index in [4.69, 9.17) is 0 Å². The molecule has 0 radical (unpaired) electrons. The third-order valence-corrected chi connectivity index (χ3v) is 4.80. The van der Waals surface area contributed by atoms with Crippen LogP contribution < -0.4 is 5.32 Å². The van der Waals surface area contributed by atoms with Crippen LogP contribution in [-0.4, -0.2) is 39.2 Å². The van der Waals surface area contributed by atoms with Crippen LogP contribution in [0.4, 0.5) is 0 Å². The van der Waals surface area contributed by atoms with E-state index in [9.17, 15) is 14.7 Å². The van der Waals surface area contributed by atoms with E-state index in [0.717, 1.165) is 19.3 Å². The molecule has 6 nitrogen and oxygen atoms in total. The highest BCUT2D eigenvalue weighted by Crippen LogP contribution is 2.29. The first kappa shape index (κ1) is 15.2. The molecule has 1 aliphatic carbocycles. The second-order valence-electron chi connectivity index (χ2n) is 6.30. The molecule has 1 aromatic heterocycles. The van der Waals surface area contributed by atoms with Gasteiger partial charge >= 0.3 is 0 Å². The van der Waals surface area contributed by atoms with Crippen LogP contribution in [0.15, 0.2) is 6.07 Å². The summed E-state index contributed by atoms with van der Waals surface area (Å²) in [5.41, 5.74) is 0.849. The lowest BCUT2D eigenvalue weighted by atomic mass is 9.95. The predicted molar refractivity (Wildman–Crippen MR) is 80.7 cm³/mol. The van der Waals surface area contributed by atoms with Crippen LogP contribution in [0, 0.1) is 5.92 Å². The first-order valence-electron chi connectivity index (χ1n) is 8.22. The number of rotatable bonds is 5. The van der Waals surface area contributed by atoms with Gasteiger partial charge in [-0.05, 0) is 31.6 Å². The number of aromatic nitrogens is 2. The van der Waals surface area contributed by atoms with Crippen LogP contribution in [0.25, 0.3) is 0 Å². The monoisotopic (exact) mass is 305 g/mol. The number of carbonyl (C=O) groups excluding carboxylic acids is 2. The number of aliphatic hydroxyl groups excluding tert-OH is 1. The van der Waals surface area contributed by atoms with Crippen LogP contribution in [0.3, 0.4) is 0 Å². The Morgan fingerprint density at radius 2 is 2.18 bits per heavy atom. The average Bonchev–Trinajstić information content (AvgIpc) is 3.17. The van der Waals surface area contributed by atoms with Gasteiger partial charge in [-0.2, -0.15) is 5.10 Å². The third kappa shape index (κ3) is 3.06. The van der Waals surface area contributed by atoms with Crippen LogP contribution in [-0.2, 0) is 6.54 Å². The normalized spacial score (nSPS) is 20.0. The number of Topliss-reactive ketones (excluding diaryl/α,β-unsaturated/α-hetero) is 1. The summed E-state index contributed by atoms with van der Waals surface area (Å²) >= 11 is 0. The maximum atomic E-state index is 12.4. The van der Waals surface area contributed by atoms with Crippen molar-refractivity contribution in [2.24, 2.45) is 5.92 Å². The van der Waals surface area contributed by atoms with Crippen LogP contribution in [0.2, 0.25) is 0 Å². The van der Waals surface area contributed by atoms with Gasteiger partial charge in [-0.25, -0.2) is 0 Å². The molecule has 1 aromatic rings. The summed E-state index contributed by atoms with van der Waals surface area (Å²) in [6.07, 6.45) is 6.46. The molecule has 22 heavy (non-hydrogen) atoms. The highest BCUT2D eigenvalue weighted by molar-refractivity contribution is 5.99. The van der Waals surface area contributed by atoms with Gasteiger partial charge in [-0.15, -0.1) is 0 Å². The van der Waals surface area contributed by atoms with Gasteiger partial charge < -0.3 is 10.4 Å². The molecule has 120 valence electrons. The molecule has 2 aliphatic rings. The third-order valence-electron chi connectivity index (χ3n) is 4.80. The van der Waals surface area contributed by atoms with E-state index in [1.165, 1.54) is 12.8 Å². The summed E-state index contributed by atoms with van der Waals surface area (Å²) < 4.78 is 1.64. The number of fused-ring (bicyclic) bond motifs is 1.